The van der Waals surface area contributed by atoms with Crippen LogP contribution < -0.4 is 10.6 Å². The first-order chi connectivity index (χ1) is 20.0. The highest BCUT2D eigenvalue weighted by Gasteiger charge is 2.24. The van der Waals surface area contributed by atoms with Crippen molar-refractivity contribution in [2.24, 2.45) is 0 Å². The Hall–Kier alpha value is -4.44. The number of hydrogen-bond acceptors (Lipinski definition) is 7. The minimum Gasteiger partial charge on any atom is -0.446 e. The molecule has 0 bridgehead atoms. The summed E-state index contributed by atoms with van der Waals surface area (Å²) < 4.78 is 9.54. The molecule has 0 radical (unpaired) electrons. The Morgan fingerprint density at radius 2 is 1.90 bits per heavy atom. The number of rotatable bonds is 8. The van der Waals surface area contributed by atoms with Crippen LogP contribution in [0.5, 0.6) is 0 Å². The van der Waals surface area contributed by atoms with Crippen molar-refractivity contribution in [3.63, 3.8) is 0 Å². The highest BCUT2D eigenvalue weighted by Crippen LogP contribution is 2.31. The minimum atomic E-state index is -0.431. The van der Waals surface area contributed by atoms with Gasteiger partial charge in [-0.1, -0.05) is 37.3 Å². The summed E-state index contributed by atoms with van der Waals surface area (Å²) in [5.74, 6) is 0.662. The Bertz CT molecular complexity index is 1650. The molecular weight excluding hydrogens is 516 g/mol. The lowest BCUT2D eigenvalue weighted by atomic mass is 10.1. The second-order valence-corrected chi connectivity index (χ2v) is 10.8. The third kappa shape index (κ3) is 5.74. The van der Waals surface area contributed by atoms with Crippen LogP contribution >= 0.6 is 0 Å². The molecule has 212 valence electrons. The standard InChI is InChI=1S/C31H36N8O2/c1-4-26-27(36-31(40)41-25-12-14-37(15-13-25)21(2)3)19-39-29(26)30(32-20-34-39)35-24-10-11-28-23(16-24)17-33-38(28)18-22-8-6-5-7-9-22/h5-11,16-17,19-21,25H,4,12-15,18H2,1-3H3,(H,36,40)(H,32,34,35). The highest BCUT2D eigenvalue weighted by atomic mass is 16.6. The number of aromatic nitrogens is 5. The van der Waals surface area contributed by atoms with Gasteiger partial charge in [0.2, 0.25) is 0 Å². The van der Waals surface area contributed by atoms with Gasteiger partial charge in [-0.3, -0.25) is 10.00 Å². The smallest absolute Gasteiger partial charge is 0.411 e. The lowest BCUT2D eigenvalue weighted by Gasteiger charge is -2.34. The number of aryl methyl sites for hydroxylation is 1. The molecule has 1 saturated heterocycles. The number of hydrogen-bond donors (Lipinski definition) is 2. The van der Waals surface area contributed by atoms with E-state index >= 15 is 0 Å². The predicted molar refractivity (Wildman–Crippen MR) is 161 cm³/mol. The summed E-state index contributed by atoms with van der Waals surface area (Å²) in [5.41, 5.74) is 5.59. The van der Waals surface area contributed by atoms with Gasteiger partial charge in [0.25, 0.3) is 0 Å². The first-order valence-electron chi connectivity index (χ1n) is 14.3. The van der Waals surface area contributed by atoms with Crippen molar-refractivity contribution >= 4 is 39.7 Å². The summed E-state index contributed by atoms with van der Waals surface area (Å²) in [6.07, 6.45) is 7.09. The number of carbonyl (C=O) groups is 1. The maximum atomic E-state index is 12.8. The molecule has 1 aliphatic heterocycles. The largest absolute Gasteiger partial charge is 0.446 e. The molecule has 0 atom stereocenters. The van der Waals surface area contributed by atoms with E-state index in [9.17, 15) is 4.79 Å². The van der Waals surface area contributed by atoms with Crippen LogP contribution in [0.15, 0.2) is 67.3 Å². The van der Waals surface area contributed by atoms with E-state index in [2.05, 4.69) is 75.8 Å². The number of nitrogens with one attached hydrogen (secondary N) is 2. The predicted octanol–water partition coefficient (Wildman–Crippen LogP) is 5.85. The molecule has 2 aromatic carbocycles. The zero-order valence-electron chi connectivity index (χ0n) is 23.7. The molecule has 0 spiro atoms. The summed E-state index contributed by atoms with van der Waals surface area (Å²) >= 11 is 0. The van der Waals surface area contributed by atoms with Gasteiger partial charge in [0.05, 0.1) is 30.1 Å². The van der Waals surface area contributed by atoms with E-state index in [1.807, 2.05) is 41.3 Å². The molecule has 2 N–H and O–H groups in total. The maximum absolute atomic E-state index is 12.8. The molecule has 0 saturated carbocycles. The van der Waals surface area contributed by atoms with Gasteiger partial charge in [0.15, 0.2) is 5.82 Å². The third-order valence-corrected chi connectivity index (χ3v) is 7.83. The Kier molecular flexibility index (Phi) is 7.56. The SMILES string of the molecule is CCc1c(NC(=O)OC2CCN(C(C)C)CC2)cn2ncnc(Nc3ccc4c(cnn4Cc4ccccc4)c3)c12. The van der Waals surface area contributed by atoms with Gasteiger partial charge in [-0.2, -0.15) is 10.2 Å². The normalized spacial score (nSPS) is 14.6. The molecule has 41 heavy (non-hydrogen) atoms. The molecule has 5 aromatic rings. The summed E-state index contributed by atoms with van der Waals surface area (Å²) in [6, 6.07) is 17.0. The van der Waals surface area contributed by atoms with E-state index in [1.54, 1.807) is 4.52 Å². The highest BCUT2D eigenvalue weighted by molar-refractivity contribution is 5.91. The fourth-order valence-electron chi connectivity index (χ4n) is 5.62. The summed E-state index contributed by atoms with van der Waals surface area (Å²) in [4.78, 5) is 19.8. The van der Waals surface area contributed by atoms with E-state index in [4.69, 9.17) is 4.74 Å². The number of nitrogens with zero attached hydrogens (tertiary/aromatic N) is 6. The number of ether oxygens (including phenoxy) is 1. The van der Waals surface area contributed by atoms with Gasteiger partial charge < -0.3 is 15.0 Å². The number of anilines is 3. The van der Waals surface area contributed by atoms with Crippen molar-refractivity contribution in [1.29, 1.82) is 0 Å². The van der Waals surface area contributed by atoms with Gasteiger partial charge >= 0.3 is 6.09 Å². The van der Waals surface area contributed by atoms with Gasteiger partial charge in [-0.25, -0.2) is 14.3 Å². The van der Waals surface area contributed by atoms with Crippen LogP contribution in [0.3, 0.4) is 0 Å². The van der Waals surface area contributed by atoms with Crippen LogP contribution in [0.4, 0.5) is 22.0 Å². The molecule has 0 unspecified atom stereocenters. The van der Waals surface area contributed by atoms with Crippen LogP contribution in [-0.2, 0) is 17.7 Å². The number of carbonyl (C=O) groups excluding carboxylic acids is 1. The minimum absolute atomic E-state index is 0.0731. The van der Waals surface area contributed by atoms with Gasteiger partial charge in [-0.15, -0.1) is 0 Å². The molecule has 1 amide bonds. The Morgan fingerprint density at radius 3 is 2.66 bits per heavy atom. The number of amides is 1. The molecular formula is C31H36N8O2. The Balaban J connectivity index is 1.19. The van der Waals surface area contributed by atoms with E-state index in [0.717, 1.165) is 53.6 Å². The fraction of sp³-hybridized carbons (Fsp3) is 0.355. The number of fused-ring (bicyclic) bond motifs is 2. The van der Waals surface area contributed by atoms with Crippen molar-refractivity contribution in [1.82, 2.24) is 29.3 Å². The van der Waals surface area contributed by atoms with Crippen LogP contribution in [-0.4, -0.2) is 60.6 Å². The molecule has 1 aliphatic rings. The molecule has 0 aliphatic carbocycles. The first kappa shape index (κ1) is 26.8. The molecule has 10 heteroatoms. The van der Waals surface area contributed by atoms with Crippen LogP contribution in [0, 0.1) is 0 Å². The summed E-state index contributed by atoms with van der Waals surface area (Å²) in [6.45, 7) is 9.04. The van der Waals surface area contributed by atoms with E-state index < -0.39 is 6.09 Å². The Morgan fingerprint density at radius 1 is 1.10 bits per heavy atom. The number of likely N-dealkylation sites (tertiary alicyclic amines) is 1. The van der Waals surface area contributed by atoms with Gasteiger partial charge in [0.1, 0.15) is 17.9 Å². The number of benzene rings is 2. The van der Waals surface area contributed by atoms with Crippen molar-refractivity contribution in [3.05, 3.63) is 78.4 Å². The second-order valence-electron chi connectivity index (χ2n) is 10.8. The van der Waals surface area contributed by atoms with Crippen LogP contribution in [0.25, 0.3) is 16.4 Å². The molecule has 10 nitrogen and oxygen atoms in total. The third-order valence-electron chi connectivity index (χ3n) is 7.83. The fourth-order valence-corrected chi connectivity index (χ4v) is 5.62. The molecule has 4 heterocycles. The average Bonchev–Trinajstić information content (AvgIpc) is 3.54. The van der Waals surface area contributed by atoms with E-state index in [0.29, 0.717) is 30.5 Å². The van der Waals surface area contributed by atoms with E-state index in [1.165, 1.54) is 11.9 Å². The summed E-state index contributed by atoms with van der Waals surface area (Å²) in [5, 5.41) is 16.5. The van der Waals surface area contributed by atoms with Crippen LogP contribution in [0.2, 0.25) is 0 Å². The zero-order chi connectivity index (χ0) is 28.3. The quantitative estimate of drug-likeness (QED) is 0.249. The lowest BCUT2D eigenvalue weighted by molar-refractivity contribution is 0.0497. The van der Waals surface area contributed by atoms with E-state index in [-0.39, 0.29) is 6.10 Å². The van der Waals surface area contributed by atoms with Crippen LogP contribution in [0.1, 0.15) is 44.7 Å². The van der Waals surface area contributed by atoms with Crippen molar-refractivity contribution in [2.45, 2.75) is 58.7 Å². The zero-order valence-corrected chi connectivity index (χ0v) is 23.7. The Labute approximate surface area is 239 Å². The lowest BCUT2D eigenvalue weighted by Crippen LogP contribution is -2.41. The average molecular weight is 553 g/mol. The van der Waals surface area contributed by atoms with Crippen molar-refractivity contribution < 1.29 is 9.53 Å². The number of piperidine rings is 1. The molecule has 3 aromatic heterocycles. The first-order valence-corrected chi connectivity index (χ1v) is 14.3. The second kappa shape index (κ2) is 11.6. The van der Waals surface area contributed by atoms with Gasteiger partial charge in [-0.05, 0) is 56.9 Å². The topological polar surface area (TPSA) is 102 Å². The van der Waals surface area contributed by atoms with Gasteiger partial charge in [0, 0.05) is 35.8 Å². The van der Waals surface area contributed by atoms with Crippen molar-refractivity contribution in [3.8, 4) is 0 Å². The maximum Gasteiger partial charge on any atom is 0.411 e. The summed E-state index contributed by atoms with van der Waals surface area (Å²) in [7, 11) is 0. The molecule has 1 fully saturated rings. The van der Waals surface area contributed by atoms with Crippen molar-refractivity contribution in [2.75, 3.05) is 23.7 Å². The monoisotopic (exact) mass is 552 g/mol. The molecule has 6 rings (SSSR count).